The molecule has 0 fully saturated rings. The summed E-state index contributed by atoms with van der Waals surface area (Å²) in [5.74, 6) is 0.0158. The molecule has 3 aliphatic rings. The van der Waals surface area contributed by atoms with Crippen LogP contribution >= 0.6 is 0 Å². The lowest BCUT2D eigenvalue weighted by molar-refractivity contribution is 0.661. The van der Waals surface area contributed by atoms with Crippen LogP contribution in [0.3, 0.4) is 0 Å². The summed E-state index contributed by atoms with van der Waals surface area (Å²) < 4.78 is 0. The molecular weight excluding hydrogens is 741 g/mol. The molecule has 0 saturated heterocycles. The maximum atomic E-state index is 11.1. The summed E-state index contributed by atoms with van der Waals surface area (Å²) in [6.45, 7) is 2.45. The summed E-state index contributed by atoms with van der Waals surface area (Å²) in [6.07, 6.45) is 5.34. The minimum Gasteiger partial charge on any atom is -0.197 e. The summed E-state index contributed by atoms with van der Waals surface area (Å²) >= 11 is 0. The molecule has 4 heteroatoms. The second kappa shape index (κ2) is 13.4. The van der Waals surface area contributed by atoms with E-state index in [1.165, 1.54) is 93.2 Å². The van der Waals surface area contributed by atoms with Crippen molar-refractivity contribution in [2.24, 2.45) is 5.11 Å². The molecule has 0 amide bonds. The van der Waals surface area contributed by atoms with Crippen molar-refractivity contribution in [2.75, 3.05) is 6.54 Å². The third kappa shape index (κ3) is 5.21. The second-order valence-corrected chi connectivity index (χ2v) is 17.1. The third-order valence-corrected chi connectivity index (χ3v) is 14.0. The summed E-state index contributed by atoms with van der Waals surface area (Å²) in [5, 5.41) is 25.0. The number of hydrogen-bond acceptors (Lipinski definition) is 2. The molecule has 9 aromatic carbocycles. The number of rotatable bonds is 5. The van der Waals surface area contributed by atoms with E-state index in [1.54, 1.807) is 0 Å². The lowest BCUT2D eigenvalue weighted by atomic mass is 9.74. The predicted octanol–water partition coefficient (Wildman–Crippen LogP) is 15.3. The molecule has 0 radical (unpaired) electrons. The lowest BCUT2D eigenvalue weighted by Gasteiger charge is -2.27. The van der Waals surface area contributed by atoms with Crippen molar-refractivity contribution in [1.82, 2.24) is 0 Å². The number of fused-ring (bicyclic) bond motifs is 9. The van der Waals surface area contributed by atoms with Gasteiger partial charge in [-0.1, -0.05) is 157 Å². The van der Waals surface area contributed by atoms with E-state index in [9.17, 15) is 10.8 Å². The summed E-state index contributed by atoms with van der Waals surface area (Å²) in [4.78, 5) is 3.23. The Morgan fingerprint density at radius 1 is 0.623 bits per heavy atom. The summed E-state index contributed by atoms with van der Waals surface area (Å²) in [7, 11) is 0. The molecule has 0 N–H and O–H groups in total. The van der Waals surface area contributed by atoms with Crippen molar-refractivity contribution < 1.29 is 0 Å². The van der Waals surface area contributed by atoms with Crippen LogP contribution in [0.15, 0.2) is 187 Å². The van der Waals surface area contributed by atoms with Crippen LogP contribution in [-0.4, -0.2) is 6.54 Å². The van der Waals surface area contributed by atoms with Crippen LogP contribution in [0.1, 0.15) is 53.0 Å². The Hall–Kier alpha value is -7.70. The number of nitriles is 1. The molecule has 0 bridgehead atoms. The fraction of sp³-hybridized carbons (Fsp3) is 0.105. The van der Waals surface area contributed by atoms with Gasteiger partial charge in [0.05, 0.1) is 6.07 Å². The first-order chi connectivity index (χ1) is 30.0. The first-order valence-corrected chi connectivity index (χ1v) is 21.1. The molecule has 2 unspecified atom stereocenters. The van der Waals surface area contributed by atoms with Crippen LogP contribution in [0.25, 0.3) is 92.5 Å². The Labute approximate surface area is 354 Å². The molecule has 3 atom stereocenters. The molecule has 286 valence electrons. The van der Waals surface area contributed by atoms with Gasteiger partial charge in [-0.25, -0.2) is 0 Å². The molecule has 0 saturated carbocycles. The molecule has 0 aliphatic heterocycles. The number of allylic oxidation sites excluding steroid dienone is 4. The van der Waals surface area contributed by atoms with Crippen molar-refractivity contribution >= 4 is 48.7 Å². The zero-order valence-corrected chi connectivity index (χ0v) is 33.6. The maximum absolute atomic E-state index is 11.1. The fourth-order valence-electron chi connectivity index (χ4n) is 11.0. The highest BCUT2D eigenvalue weighted by Gasteiger charge is 2.43. The van der Waals surface area contributed by atoms with Gasteiger partial charge in [-0.15, -0.1) is 0 Å². The predicted molar refractivity (Wildman–Crippen MR) is 251 cm³/mol. The van der Waals surface area contributed by atoms with Crippen LogP contribution in [-0.2, 0) is 5.41 Å². The zero-order chi connectivity index (χ0) is 40.8. The topological polar surface area (TPSA) is 72.5 Å². The minimum absolute atomic E-state index is 0.0759. The van der Waals surface area contributed by atoms with E-state index in [0.717, 1.165) is 28.7 Å². The van der Waals surface area contributed by atoms with Gasteiger partial charge < -0.3 is 0 Å². The molecule has 4 nitrogen and oxygen atoms in total. The van der Waals surface area contributed by atoms with Crippen LogP contribution in [0, 0.1) is 11.3 Å². The second-order valence-electron chi connectivity index (χ2n) is 17.1. The molecule has 61 heavy (non-hydrogen) atoms. The van der Waals surface area contributed by atoms with E-state index < -0.39 is 5.41 Å². The molecule has 0 heterocycles. The Bertz CT molecular complexity index is 3430. The van der Waals surface area contributed by atoms with Crippen molar-refractivity contribution in [1.29, 1.82) is 5.26 Å². The number of azide groups is 1. The normalized spacial score (nSPS) is 18.5. The highest BCUT2D eigenvalue weighted by Crippen LogP contribution is 2.55. The highest BCUT2D eigenvalue weighted by molar-refractivity contribution is 6.14. The highest BCUT2D eigenvalue weighted by atomic mass is 15.1. The van der Waals surface area contributed by atoms with Gasteiger partial charge in [-0.05, 0) is 159 Å². The molecule has 3 aliphatic carbocycles. The van der Waals surface area contributed by atoms with Gasteiger partial charge in [-0.2, -0.15) is 5.26 Å². The standard InChI is InChI=1S/C57H38N4/c1-57(33-58)53-30-35(19-24-48(53)49-25-21-41(31-54(49)57)56-44-16-8-4-12-38(44)27-39-13-5-9-17-45(39)56)34-18-22-46-47-23-20-40(29-51(47)52(32-60-61-59)50(46)28-34)55-42-14-6-2-10-36(42)26-37-11-3-7-15-43(37)55/h2-29,31,35,52H,30,32H2,1H3/t35-,52?,57?/m1/s1. The maximum Gasteiger partial charge on any atom is 0.102 e. The summed E-state index contributed by atoms with van der Waals surface area (Å²) in [5.41, 5.74) is 24.1. The average Bonchev–Trinajstić information content (AvgIpc) is 3.75. The van der Waals surface area contributed by atoms with Crippen LogP contribution in [0.5, 0.6) is 0 Å². The Kier molecular flexibility index (Phi) is 7.75. The largest absolute Gasteiger partial charge is 0.197 e. The van der Waals surface area contributed by atoms with E-state index >= 15 is 0 Å². The van der Waals surface area contributed by atoms with Crippen molar-refractivity contribution in [3.8, 4) is 39.4 Å². The molecule has 0 aromatic heterocycles. The van der Waals surface area contributed by atoms with E-state index in [2.05, 4.69) is 199 Å². The smallest absolute Gasteiger partial charge is 0.102 e. The lowest BCUT2D eigenvalue weighted by Crippen LogP contribution is -2.22. The Morgan fingerprint density at radius 3 is 1.69 bits per heavy atom. The number of hydrogen-bond donors (Lipinski definition) is 0. The van der Waals surface area contributed by atoms with Gasteiger partial charge in [0, 0.05) is 23.3 Å². The van der Waals surface area contributed by atoms with Crippen LogP contribution in [0.4, 0.5) is 0 Å². The van der Waals surface area contributed by atoms with Gasteiger partial charge in [0.2, 0.25) is 0 Å². The van der Waals surface area contributed by atoms with Crippen LogP contribution in [0.2, 0.25) is 0 Å². The Balaban J connectivity index is 0.912. The first-order valence-electron chi connectivity index (χ1n) is 21.1. The van der Waals surface area contributed by atoms with Gasteiger partial charge in [0.15, 0.2) is 0 Å². The Morgan fingerprint density at radius 2 is 1.13 bits per heavy atom. The quantitative estimate of drug-likeness (QED) is 0.0742. The van der Waals surface area contributed by atoms with Crippen molar-refractivity contribution in [3.63, 3.8) is 0 Å². The number of nitrogens with zero attached hydrogens (tertiary/aromatic N) is 4. The monoisotopic (exact) mass is 778 g/mol. The molecule has 12 rings (SSSR count). The fourth-order valence-corrected chi connectivity index (χ4v) is 11.0. The van der Waals surface area contributed by atoms with E-state index in [0.29, 0.717) is 6.54 Å². The van der Waals surface area contributed by atoms with Crippen molar-refractivity contribution in [3.05, 3.63) is 220 Å². The third-order valence-electron chi connectivity index (χ3n) is 14.0. The SMILES string of the molecule is CC1(C#N)C2=C(C=C[C@@H](c3ccc4c(c3)C(CN=[N+]=[N-])c3cc(-c5c6ccccc6cc6ccccc56)ccc3-4)C2)c2ccc(-c3c4ccccc4cc4ccccc34)cc21. The molecular formula is C57H38N4. The van der Waals surface area contributed by atoms with E-state index in [4.69, 9.17) is 0 Å². The average molecular weight is 779 g/mol. The first kappa shape index (κ1) is 35.3. The molecule has 9 aromatic rings. The van der Waals surface area contributed by atoms with Crippen molar-refractivity contribution in [2.45, 2.75) is 30.6 Å². The zero-order valence-electron chi connectivity index (χ0n) is 33.6. The van der Waals surface area contributed by atoms with E-state index in [-0.39, 0.29) is 11.8 Å². The van der Waals surface area contributed by atoms with Gasteiger partial charge in [0.1, 0.15) is 5.41 Å². The van der Waals surface area contributed by atoms with E-state index in [1.807, 2.05) is 0 Å². The summed E-state index contributed by atoms with van der Waals surface area (Å²) in [6, 6.07) is 62.3. The molecule has 0 spiro atoms. The van der Waals surface area contributed by atoms with Gasteiger partial charge in [-0.3, -0.25) is 0 Å². The van der Waals surface area contributed by atoms with Crippen LogP contribution < -0.4 is 0 Å². The van der Waals surface area contributed by atoms with Gasteiger partial charge in [0.25, 0.3) is 0 Å². The minimum atomic E-state index is -0.775. The number of benzene rings is 9. The van der Waals surface area contributed by atoms with Gasteiger partial charge >= 0.3 is 0 Å².